The van der Waals surface area contributed by atoms with Crippen molar-refractivity contribution in [1.29, 1.82) is 0 Å². The molecule has 0 aliphatic rings. The summed E-state index contributed by atoms with van der Waals surface area (Å²) in [6.45, 7) is 1.23. The molecule has 16 heavy (non-hydrogen) atoms. The number of amides is 2. The van der Waals surface area contributed by atoms with Gasteiger partial charge in [0.1, 0.15) is 5.69 Å². The predicted molar refractivity (Wildman–Crippen MR) is 55.9 cm³/mol. The van der Waals surface area contributed by atoms with Crippen molar-refractivity contribution < 1.29 is 14.5 Å². The van der Waals surface area contributed by atoms with Crippen LogP contribution in [-0.2, 0) is 4.79 Å². The highest BCUT2D eigenvalue weighted by atomic mass is 16.6. The number of nitrogens with zero attached hydrogens (tertiary/aromatic N) is 1. The molecule has 84 valence electrons. The smallest absolute Gasteiger partial charge is 0.293 e. The van der Waals surface area contributed by atoms with Crippen molar-refractivity contribution in [1.82, 2.24) is 0 Å². The van der Waals surface area contributed by atoms with Gasteiger partial charge in [0.2, 0.25) is 11.8 Å². The molecule has 0 saturated heterocycles. The minimum atomic E-state index is -0.766. The number of nitrogens with two attached hydrogens (primary N) is 1. The van der Waals surface area contributed by atoms with Gasteiger partial charge in [0.05, 0.1) is 4.92 Å². The Labute approximate surface area is 90.4 Å². The van der Waals surface area contributed by atoms with Gasteiger partial charge in [0.15, 0.2) is 0 Å². The van der Waals surface area contributed by atoms with Gasteiger partial charge < -0.3 is 11.1 Å². The molecule has 1 aromatic carbocycles. The number of rotatable bonds is 3. The summed E-state index contributed by atoms with van der Waals surface area (Å²) in [5, 5.41) is 13.0. The van der Waals surface area contributed by atoms with Crippen LogP contribution in [0.1, 0.15) is 17.3 Å². The van der Waals surface area contributed by atoms with E-state index in [2.05, 4.69) is 5.32 Å². The molecule has 0 heterocycles. The van der Waals surface area contributed by atoms with Crippen molar-refractivity contribution in [3.8, 4) is 0 Å². The Morgan fingerprint density at radius 2 is 2.06 bits per heavy atom. The van der Waals surface area contributed by atoms with E-state index in [-0.39, 0.29) is 16.9 Å². The van der Waals surface area contributed by atoms with E-state index in [0.717, 1.165) is 6.07 Å². The van der Waals surface area contributed by atoms with Gasteiger partial charge in [-0.15, -0.1) is 0 Å². The minimum Gasteiger partial charge on any atom is -0.366 e. The Hall–Kier alpha value is -2.44. The van der Waals surface area contributed by atoms with Crippen LogP contribution in [-0.4, -0.2) is 16.7 Å². The van der Waals surface area contributed by atoms with Crippen LogP contribution in [0.2, 0.25) is 0 Å². The summed E-state index contributed by atoms with van der Waals surface area (Å²) < 4.78 is 0. The normalized spacial score (nSPS) is 9.56. The molecule has 1 rings (SSSR count). The highest BCUT2D eigenvalue weighted by Crippen LogP contribution is 2.25. The van der Waals surface area contributed by atoms with Gasteiger partial charge >= 0.3 is 0 Å². The zero-order chi connectivity index (χ0) is 12.3. The lowest BCUT2D eigenvalue weighted by molar-refractivity contribution is -0.384. The molecule has 3 N–H and O–H groups in total. The average Bonchev–Trinajstić information content (AvgIpc) is 2.16. The Morgan fingerprint density at radius 1 is 1.44 bits per heavy atom. The summed E-state index contributed by atoms with van der Waals surface area (Å²) >= 11 is 0. The molecule has 0 fully saturated rings. The molecule has 2 amide bonds. The van der Waals surface area contributed by atoms with Crippen molar-refractivity contribution in [2.24, 2.45) is 5.73 Å². The van der Waals surface area contributed by atoms with Crippen LogP contribution in [0, 0.1) is 10.1 Å². The van der Waals surface area contributed by atoms with Crippen LogP contribution in [0.3, 0.4) is 0 Å². The molecule has 0 aromatic heterocycles. The topological polar surface area (TPSA) is 115 Å². The first-order valence-electron chi connectivity index (χ1n) is 4.27. The average molecular weight is 223 g/mol. The Morgan fingerprint density at radius 3 is 2.50 bits per heavy atom. The maximum Gasteiger partial charge on any atom is 0.293 e. The Balaban J connectivity index is 3.24. The molecule has 0 spiro atoms. The van der Waals surface area contributed by atoms with Gasteiger partial charge in [0, 0.05) is 18.6 Å². The van der Waals surface area contributed by atoms with Crippen molar-refractivity contribution in [2.45, 2.75) is 6.92 Å². The number of hydrogen-bond donors (Lipinski definition) is 2. The fraction of sp³-hybridized carbons (Fsp3) is 0.111. The molecular weight excluding hydrogens is 214 g/mol. The molecule has 0 saturated carbocycles. The van der Waals surface area contributed by atoms with E-state index in [1.807, 2.05) is 0 Å². The van der Waals surface area contributed by atoms with Crippen LogP contribution in [0.15, 0.2) is 18.2 Å². The second kappa shape index (κ2) is 4.39. The fourth-order valence-corrected chi connectivity index (χ4v) is 1.13. The van der Waals surface area contributed by atoms with E-state index in [0.29, 0.717) is 0 Å². The summed E-state index contributed by atoms with van der Waals surface area (Å²) in [6, 6.07) is 3.59. The Kier molecular flexibility index (Phi) is 3.19. The number of primary amides is 1. The summed E-state index contributed by atoms with van der Waals surface area (Å²) in [5.41, 5.74) is 4.66. The molecule has 0 radical (unpaired) electrons. The number of nitro groups is 1. The first kappa shape index (κ1) is 11.6. The summed E-state index contributed by atoms with van der Waals surface area (Å²) in [6.07, 6.45) is 0. The first-order chi connectivity index (χ1) is 7.41. The van der Waals surface area contributed by atoms with Crippen LogP contribution in [0.5, 0.6) is 0 Å². The van der Waals surface area contributed by atoms with Gasteiger partial charge in [-0.25, -0.2) is 0 Å². The predicted octanol–water partition coefficient (Wildman–Crippen LogP) is 0.652. The maximum atomic E-state index is 10.8. The van der Waals surface area contributed by atoms with Crippen LogP contribution >= 0.6 is 0 Å². The van der Waals surface area contributed by atoms with Crippen LogP contribution in [0.25, 0.3) is 0 Å². The molecule has 0 atom stereocenters. The second-order valence-corrected chi connectivity index (χ2v) is 3.03. The molecule has 7 heteroatoms. The number of hydrogen-bond acceptors (Lipinski definition) is 4. The molecular formula is C9H9N3O4. The molecule has 1 aromatic rings. The van der Waals surface area contributed by atoms with Gasteiger partial charge in [-0.2, -0.15) is 0 Å². The minimum absolute atomic E-state index is 0.0146. The van der Waals surface area contributed by atoms with E-state index in [4.69, 9.17) is 5.73 Å². The molecule has 0 aliphatic heterocycles. The fourth-order valence-electron chi connectivity index (χ4n) is 1.13. The third kappa shape index (κ3) is 2.53. The number of carbonyl (C=O) groups excluding carboxylic acids is 2. The molecule has 0 aliphatic carbocycles. The van der Waals surface area contributed by atoms with Gasteiger partial charge in [0.25, 0.3) is 5.69 Å². The van der Waals surface area contributed by atoms with Crippen molar-refractivity contribution in [3.05, 3.63) is 33.9 Å². The van der Waals surface area contributed by atoms with Crippen molar-refractivity contribution in [3.63, 3.8) is 0 Å². The highest BCUT2D eigenvalue weighted by Gasteiger charge is 2.16. The zero-order valence-electron chi connectivity index (χ0n) is 8.39. The molecule has 0 unspecified atom stereocenters. The van der Waals surface area contributed by atoms with E-state index >= 15 is 0 Å². The highest BCUT2D eigenvalue weighted by molar-refractivity contribution is 5.96. The van der Waals surface area contributed by atoms with E-state index in [1.54, 1.807) is 0 Å². The summed E-state index contributed by atoms with van der Waals surface area (Å²) in [7, 11) is 0. The third-order valence-corrected chi connectivity index (χ3v) is 1.79. The van der Waals surface area contributed by atoms with Gasteiger partial charge in [-0.1, -0.05) is 0 Å². The van der Waals surface area contributed by atoms with Crippen LogP contribution < -0.4 is 11.1 Å². The van der Waals surface area contributed by atoms with E-state index in [9.17, 15) is 19.7 Å². The maximum absolute atomic E-state index is 10.8. The largest absolute Gasteiger partial charge is 0.366 e. The molecule has 7 nitrogen and oxygen atoms in total. The monoisotopic (exact) mass is 223 g/mol. The van der Waals surface area contributed by atoms with Crippen molar-refractivity contribution >= 4 is 23.2 Å². The third-order valence-electron chi connectivity index (χ3n) is 1.79. The number of nitro benzene ring substituents is 1. The lowest BCUT2D eigenvalue weighted by Gasteiger charge is -2.04. The number of carbonyl (C=O) groups is 2. The van der Waals surface area contributed by atoms with Crippen LogP contribution in [0.4, 0.5) is 11.4 Å². The summed E-state index contributed by atoms with van der Waals surface area (Å²) in [4.78, 5) is 31.6. The Bertz CT molecular complexity index is 470. The number of benzene rings is 1. The SMILES string of the molecule is CC(=O)Nc1ccc(C(N)=O)cc1[N+](=O)[O-]. The van der Waals surface area contributed by atoms with E-state index < -0.39 is 16.7 Å². The summed E-state index contributed by atoms with van der Waals surface area (Å²) in [5.74, 6) is -1.20. The van der Waals surface area contributed by atoms with E-state index in [1.165, 1.54) is 19.1 Å². The number of nitrogens with one attached hydrogen (secondary N) is 1. The van der Waals surface area contributed by atoms with Gasteiger partial charge in [-0.05, 0) is 12.1 Å². The lowest BCUT2D eigenvalue weighted by atomic mass is 10.1. The first-order valence-corrected chi connectivity index (χ1v) is 4.27. The standard InChI is InChI=1S/C9H9N3O4/c1-5(13)11-7-3-2-6(9(10)14)4-8(7)12(15)16/h2-4H,1H3,(H2,10,14)(H,11,13). The van der Waals surface area contributed by atoms with Crippen molar-refractivity contribution in [2.75, 3.05) is 5.32 Å². The second-order valence-electron chi connectivity index (χ2n) is 3.03. The zero-order valence-corrected chi connectivity index (χ0v) is 8.39. The molecule has 0 bridgehead atoms. The number of anilines is 1. The lowest BCUT2D eigenvalue weighted by Crippen LogP contribution is -2.13. The van der Waals surface area contributed by atoms with Gasteiger partial charge in [-0.3, -0.25) is 19.7 Å². The quantitative estimate of drug-likeness (QED) is 0.578.